The van der Waals surface area contributed by atoms with E-state index >= 15 is 0 Å². The van der Waals surface area contributed by atoms with Crippen molar-refractivity contribution < 1.29 is 4.79 Å². The molecule has 0 saturated carbocycles. The van der Waals surface area contributed by atoms with Crippen LogP contribution in [0.2, 0.25) is 0 Å². The molecule has 0 bridgehead atoms. The number of nitrogens with one attached hydrogen (secondary N) is 2. The van der Waals surface area contributed by atoms with E-state index in [1.807, 2.05) is 72.4 Å². The topological polar surface area (TPSA) is 75.1 Å². The largest absolute Gasteiger partial charge is 0.357 e. The number of aromatic nitrogens is 3. The molecular weight excluding hydrogens is 350 g/mol. The average molecular weight is 369 g/mol. The summed E-state index contributed by atoms with van der Waals surface area (Å²) in [5.74, 6) is -0.297. The first-order valence-electron chi connectivity index (χ1n) is 8.90. The first-order chi connectivity index (χ1) is 13.7. The lowest BCUT2D eigenvalue weighted by atomic mass is 10.1. The number of para-hydroxylation sites is 1. The lowest BCUT2D eigenvalue weighted by Crippen LogP contribution is -2.17. The molecule has 2 aromatic heterocycles. The number of hydrazone groups is 1. The Hall–Kier alpha value is -3.93. The fraction of sp³-hybridized carbons (Fsp3) is 0.0455. The Morgan fingerprint density at radius 1 is 1.07 bits per heavy atom. The van der Waals surface area contributed by atoms with Gasteiger partial charge in [-0.25, -0.2) is 10.1 Å². The maximum Gasteiger partial charge on any atom is 0.287 e. The van der Waals surface area contributed by atoms with Crippen LogP contribution in [0.25, 0.3) is 16.9 Å². The number of carbonyl (C=O) groups excluding carboxylic acids is 1. The van der Waals surface area contributed by atoms with Crippen LogP contribution in [0.5, 0.6) is 0 Å². The number of aryl methyl sites for hydroxylation is 1. The zero-order valence-electron chi connectivity index (χ0n) is 15.3. The van der Waals surface area contributed by atoms with Crippen LogP contribution in [0, 0.1) is 6.92 Å². The van der Waals surface area contributed by atoms with Crippen LogP contribution in [-0.4, -0.2) is 26.9 Å². The number of hydrogen-bond acceptors (Lipinski definition) is 3. The van der Waals surface area contributed by atoms with Gasteiger partial charge in [0.2, 0.25) is 0 Å². The van der Waals surface area contributed by atoms with E-state index in [4.69, 9.17) is 5.10 Å². The first-order valence-corrected chi connectivity index (χ1v) is 8.90. The van der Waals surface area contributed by atoms with Gasteiger partial charge < -0.3 is 4.98 Å². The van der Waals surface area contributed by atoms with E-state index in [0.29, 0.717) is 5.69 Å². The minimum Gasteiger partial charge on any atom is -0.357 e. The smallest absolute Gasteiger partial charge is 0.287 e. The molecule has 28 heavy (non-hydrogen) atoms. The molecule has 0 aliphatic heterocycles. The highest BCUT2D eigenvalue weighted by Crippen LogP contribution is 2.23. The van der Waals surface area contributed by atoms with Gasteiger partial charge in [0.15, 0.2) is 0 Å². The van der Waals surface area contributed by atoms with Crippen molar-refractivity contribution in [1.29, 1.82) is 0 Å². The number of rotatable bonds is 5. The van der Waals surface area contributed by atoms with Crippen molar-refractivity contribution in [2.75, 3.05) is 0 Å². The highest BCUT2D eigenvalue weighted by molar-refractivity contribution is 5.94. The van der Waals surface area contributed by atoms with E-state index in [-0.39, 0.29) is 5.91 Å². The molecular formula is C22H19N5O. The standard InChI is InChI=1S/C22H19N5O/c1-16-8-5-6-12-20(16)27-15-18(21(26-27)17-9-3-2-4-10-17)14-24-25-22(28)19-11-7-13-23-19/h2-15,23H,1H3,(H,25,28)/b24-14-. The maximum absolute atomic E-state index is 12.0. The second-order valence-corrected chi connectivity index (χ2v) is 6.31. The Kier molecular flexibility index (Phi) is 4.84. The molecule has 0 radical (unpaired) electrons. The molecule has 0 fully saturated rings. The molecule has 0 spiro atoms. The van der Waals surface area contributed by atoms with E-state index in [1.54, 1.807) is 24.5 Å². The molecule has 0 unspecified atom stereocenters. The molecule has 2 N–H and O–H groups in total. The molecule has 4 aromatic rings. The van der Waals surface area contributed by atoms with Gasteiger partial charge in [0, 0.05) is 23.5 Å². The minimum absolute atomic E-state index is 0.297. The fourth-order valence-corrected chi connectivity index (χ4v) is 2.94. The number of amides is 1. The van der Waals surface area contributed by atoms with Crippen LogP contribution in [0.1, 0.15) is 21.6 Å². The van der Waals surface area contributed by atoms with Gasteiger partial charge in [0.25, 0.3) is 5.91 Å². The van der Waals surface area contributed by atoms with Crippen LogP contribution in [0.3, 0.4) is 0 Å². The van der Waals surface area contributed by atoms with Gasteiger partial charge >= 0.3 is 0 Å². The van der Waals surface area contributed by atoms with E-state index in [0.717, 1.165) is 28.1 Å². The van der Waals surface area contributed by atoms with E-state index in [9.17, 15) is 4.79 Å². The Labute approximate surface area is 162 Å². The predicted molar refractivity (Wildman–Crippen MR) is 110 cm³/mol. The summed E-state index contributed by atoms with van der Waals surface area (Å²) in [7, 11) is 0. The summed E-state index contributed by atoms with van der Waals surface area (Å²) in [4.78, 5) is 14.9. The summed E-state index contributed by atoms with van der Waals surface area (Å²) in [6.45, 7) is 2.05. The Morgan fingerprint density at radius 2 is 1.86 bits per heavy atom. The third-order valence-corrected chi connectivity index (χ3v) is 4.36. The van der Waals surface area contributed by atoms with E-state index < -0.39 is 0 Å². The normalized spacial score (nSPS) is 11.0. The van der Waals surface area contributed by atoms with Crippen molar-refractivity contribution in [3.8, 4) is 16.9 Å². The molecule has 6 heteroatoms. The summed E-state index contributed by atoms with van der Waals surface area (Å²) in [6.07, 6.45) is 5.22. The van der Waals surface area contributed by atoms with Crippen molar-refractivity contribution in [3.05, 3.63) is 95.9 Å². The molecule has 2 aromatic carbocycles. The van der Waals surface area contributed by atoms with Crippen molar-refractivity contribution in [2.45, 2.75) is 6.92 Å². The van der Waals surface area contributed by atoms with Gasteiger partial charge in [-0.15, -0.1) is 0 Å². The number of H-pyrrole nitrogens is 1. The Bertz CT molecular complexity index is 1110. The van der Waals surface area contributed by atoms with Crippen LogP contribution in [0.15, 0.2) is 84.2 Å². The summed E-state index contributed by atoms with van der Waals surface area (Å²) in [5.41, 5.74) is 7.68. The zero-order valence-corrected chi connectivity index (χ0v) is 15.3. The van der Waals surface area contributed by atoms with Crippen molar-refractivity contribution in [1.82, 2.24) is 20.2 Å². The van der Waals surface area contributed by atoms with Crippen LogP contribution in [0.4, 0.5) is 0 Å². The molecule has 0 atom stereocenters. The number of carbonyl (C=O) groups is 1. The third kappa shape index (κ3) is 3.61. The molecule has 138 valence electrons. The highest BCUT2D eigenvalue weighted by atomic mass is 16.2. The lowest BCUT2D eigenvalue weighted by molar-refractivity contribution is 0.0951. The molecule has 1 amide bonds. The number of hydrogen-bond donors (Lipinski definition) is 2. The summed E-state index contributed by atoms with van der Waals surface area (Å²) >= 11 is 0. The van der Waals surface area contributed by atoms with Gasteiger partial charge in [0.05, 0.1) is 11.9 Å². The minimum atomic E-state index is -0.297. The quantitative estimate of drug-likeness (QED) is 0.413. The third-order valence-electron chi connectivity index (χ3n) is 4.36. The fourth-order valence-electron chi connectivity index (χ4n) is 2.94. The summed E-state index contributed by atoms with van der Waals surface area (Å²) < 4.78 is 1.84. The Morgan fingerprint density at radius 3 is 2.61 bits per heavy atom. The van der Waals surface area contributed by atoms with Gasteiger partial charge in [-0.1, -0.05) is 48.5 Å². The zero-order chi connectivity index (χ0) is 19.3. The molecule has 4 rings (SSSR count). The second kappa shape index (κ2) is 7.75. The summed E-state index contributed by atoms with van der Waals surface area (Å²) in [5, 5.41) is 8.88. The van der Waals surface area contributed by atoms with E-state index in [2.05, 4.69) is 15.5 Å². The predicted octanol–water partition coefficient (Wildman–Crippen LogP) is 3.94. The molecule has 6 nitrogen and oxygen atoms in total. The monoisotopic (exact) mass is 369 g/mol. The average Bonchev–Trinajstić information content (AvgIpc) is 3.39. The molecule has 2 heterocycles. The SMILES string of the molecule is Cc1ccccc1-n1cc(/C=N\NC(=O)c2ccc[nH]2)c(-c2ccccc2)n1. The second-order valence-electron chi connectivity index (χ2n) is 6.31. The Balaban J connectivity index is 1.68. The van der Waals surface area contributed by atoms with Crippen molar-refractivity contribution >= 4 is 12.1 Å². The molecule has 0 saturated heterocycles. The highest BCUT2D eigenvalue weighted by Gasteiger charge is 2.12. The molecule has 0 aliphatic rings. The van der Waals surface area contributed by atoms with Crippen molar-refractivity contribution in [2.24, 2.45) is 5.10 Å². The van der Waals surface area contributed by atoms with Gasteiger partial charge in [-0.2, -0.15) is 10.2 Å². The molecule has 0 aliphatic carbocycles. The number of benzene rings is 2. The van der Waals surface area contributed by atoms with Gasteiger partial charge in [0.1, 0.15) is 11.4 Å². The van der Waals surface area contributed by atoms with Gasteiger partial charge in [-0.3, -0.25) is 4.79 Å². The lowest BCUT2D eigenvalue weighted by Gasteiger charge is -2.04. The van der Waals surface area contributed by atoms with Crippen molar-refractivity contribution in [3.63, 3.8) is 0 Å². The number of aromatic amines is 1. The number of nitrogens with zero attached hydrogens (tertiary/aromatic N) is 3. The van der Waals surface area contributed by atoms with Gasteiger partial charge in [-0.05, 0) is 30.7 Å². The van der Waals surface area contributed by atoms with Crippen LogP contribution >= 0.6 is 0 Å². The van der Waals surface area contributed by atoms with Crippen LogP contribution in [-0.2, 0) is 0 Å². The first kappa shape index (κ1) is 17.5. The summed E-state index contributed by atoms with van der Waals surface area (Å²) in [6, 6.07) is 21.4. The van der Waals surface area contributed by atoms with Crippen LogP contribution < -0.4 is 5.43 Å². The van der Waals surface area contributed by atoms with E-state index in [1.165, 1.54) is 0 Å². The maximum atomic E-state index is 12.0.